The van der Waals surface area contributed by atoms with E-state index in [1.165, 1.54) is 0 Å². The first-order valence-electron chi connectivity index (χ1n) is 4.95. The fourth-order valence-electron chi connectivity index (χ4n) is 1.37. The van der Waals surface area contributed by atoms with E-state index in [4.69, 9.17) is 18.0 Å². The molecule has 1 rings (SSSR count). The van der Waals surface area contributed by atoms with Crippen LogP contribution in [0.25, 0.3) is 0 Å². The van der Waals surface area contributed by atoms with Crippen LogP contribution < -0.4 is 5.73 Å². The minimum absolute atomic E-state index is 0.312. The molecular weight excluding hydrogens is 210 g/mol. The molecule has 84 valence electrons. The fourth-order valence-corrected chi connectivity index (χ4v) is 1.61. The highest BCUT2D eigenvalue weighted by molar-refractivity contribution is 7.71. The van der Waals surface area contributed by atoms with Crippen molar-refractivity contribution in [3.63, 3.8) is 0 Å². The number of amides is 1. The van der Waals surface area contributed by atoms with Crippen LogP contribution in [0.5, 0.6) is 0 Å². The zero-order chi connectivity index (χ0) is 11.6. The predicted octanol–water partition coefficient (Wildman–Crippen LogP) is 1.62. The quantitative estimate of drug-likeness (QED) is 0.768. The predicted molar refractivity (Wildman–Crippen MR) is 62.0 cm³/mol. The van der Waals surface area contributed by atoms with Crippen molar-refractivity contribution in [2.75, 3.05) is 0 Å². The number of rotatable bonds is 4. The summed E-state index contributed by atoms with van der Waals surface area (Å²) >= 11 is 5.15. The first kappa shape index (κ1) is 12.0. The van der Waals surface area contributed by atoms with Crippen molar-refractivity contribution < 1.29 is 4.79 Å². The number of nitrogens with one attached hydrogen (secondary N) is 1. The molecule has 0 aliphatic carbocycles. The summed E-state index contributed by atoms with van der Waals surface area (Å²) in [6.45, 7) is 6.21. The van der Waals surface area contributed by atoms with E-state index in [0.29, 0.717) is 11.3 Å². The molecule has 0 aromatic carbocycles. The number of carbonyl (C=O) groups excluding carboxylic acids is 1. The van der Waals surface area contributed by atoms with Crippen molar-refractivity contribution in [1.82, 2.24) is 9.55 Å². The van der Waals surface area contributed by atoms with E-state index in [0.717, 1.165) is 12.1 Å². The number of hydrogen-bond donors (Lipinski definition) is 2. The summed E-state index contributed by atoms with van der Waals surface area (Å²) in [6.07, 6.45) is 2.75. The summed E-state index contributed by atoms with van der Waals surface area (Å²) in [4.78, 5) is 14.2. The van der Waals surface area contributed by atoms with Crippen molar-refractivity contribution in [3.8, 4) is 0 Å². The third-order valence-electron chi connectivity index (χ3n) is 2.54. The van der Waals surface area contributed by atoms with Crippen LogP contribution in [-0.2, 0) is 17.8 Å². The van der Waals surface area contributed by atoms with Crippen LogP contribution in [0.4, 0.5) is 0 Å². The van der Waals surface area contributed by atoms with Gasteiger partial charge in [0.15, 0.2) is 4.77 Å². The van der Waals surface area contributed by atoms with Gasteiger partial charge in [-0.15, -0.1) is 0 Å². The average molecular weight is 227 g/mol. The molecule has 0 radical (unpaired) electrons. The number of aromatic nitrogens is 2. The van der Waals surface area contributed by atoms with Gasteiger partial charge in [0.2, 0.25) is 5.91 Å². The average Bonchev–Trinajstić information content (AvgIpc) is 2.47. The van der Waals surface area contributed by atoms with Crippen molar-refractivity contribution in [3.05, 3.63) is 16.7 Å². The molecule has 0 aliphatic heterocycles. The summed E-state index contributed by atoms with van der Waals surface area (Å²) in [5, 5.41) is 0. The lowest BCUT2D eigenvalue weighted by molar-refractivity contribution is -0.126. The molecule has 0 aliphatic rings. The maximum Gasteiger partial charge on any atom is 0.224 e. The Hall–Kier alpha value is -1.10. The van der Waals surface area contributed by atoms with Crippen molar-refractivity contribution >= 4 is 18.1 Å². The lowest BCUT2D eigenvalue weighted by Crippen LogP contribution is -2.35. The van der Waals surface area contributed by atoms with E-state index in [9.17, 15) is 4.79 Å². The standard InChI is InChI=1S/C10H17N3OS/c1-4-7-5-12-9(15)13(7)6-10(2,3)8(11)14/h5H,4,6H2,1-3H3,(H2,11,14)(H,12,15). The lowest BCUT2D eigenvalue weighted by atomic mass is 9.92. The Morgan fingerprint density at radius 2 is 2.27 bits per heavy atom. The molecule has 0 spiro atoms. The molecule has 0 unspecified atom stereocenters. The molecule has 1 heterocycles. The lowest BCUT2D eigenvalue weighted by Gasteiger charge is -2.22. The number of aryl methyl sites for hydroxylation is 1. The maximum absolute atomic E-state index is 11.2. The Bertz CT molecular complexity index is 417. The molecule has 1 aromatic heterocycles. The monoisotopic (exact) mass is 227 g/mol. The topological polar surface area (TPSA) is 63.8 Å². The fraction of sp³-hybridized carbons (Fsp3) is 0.600. The van der Waals surface area contributed by atoms with E-state index >= 15 is 0 Å². The number of nitrogens with zero attached hydrogens (tertiary/aromatic N) is 1. The number of carbonyl (C=O) groups is 1. The Balaban J connectivity index is 3.03. The van der Waals surface area contributed by atoms with Crippen molar-refractivity contribution in [1.29, 1.82) is 0 Å². The van der Waals surface area contributed by atoms with Crippen LogP contribution in [0, 0.1) is 10.2 Å². The Morgan fingerprint density at radius 3 is 2.73 bits per heavy atom. The van der Waals surface area contributed by atoms with E-state index in [2.05, 4.69) is 4.98 Å². The molecular formula is C10H17N3OS. The van der Waals surface area contributed by atoms with Gasteiger partial charge >= 0.3 is 0 Å². The molecule has 1 amide bonds. The van der Waals surface area contributed by atoms with Crippen LogP contribution in [-0.4, -0.2) is 15.5 Å². The molecule has 0 atom stereocenters. The van der Waals surface area contributed by atoms with Gasteiger partial charge < -0.3 is 15.3 Å². The van der Waals surface area contributed by atoms with E-state index in [1.807, 2.05) is 31.5 Å². The van der Waals surface area contributed by atoms with Gasteiger partial charge in [-0.2, -0.15) is 0 Å². The van der Waals surface area contributed by atoms with Crippen LogP contribution in [0.15, 0.2) is 6.20 Å². The molecule has 0 saturated carbocycles. The van der Waals surface area contributed by atoms with Crippen LogP contribution in [0.3, 0.4) is 0 Å². The molecule has 3 N–H and O–H groups in total. The largest absolute Gasteiger partial charge is 0.369 e. The summed E-state index contributed by atoms with van der Waals surface area (Å²) in [5.74, 6) is -0.312. The van der Waals surface area contributed by atoms with Gasteiger partial charge in [0.05, 0.1) is 5.41 Å². The molecule has 5 heteroatoms. The summed E-state index contributed by atoms with van der Waals surface area (Å²) < 4.78 is 2.57. The minimum Gasteiger partial charge on any atom is -0.369 e. The van der Waals surface area contributed by atoms with Crippen LogP contribution in [0.1, 0.15) is 26.5 Å². The molecule has 4 nitrogen and oxygen atoms in total. The molecule has 0 saturated heterocycles. The number of H-pyrrole nitrogens is 1. The number of primary amides is 1. The first-order valence-corrected chi connectivity index (χ1v) is 5.36. The summed E-state index contributed by atoms with van der Waals surface area (Å²) in [6, 6.07) is 0. The third-order valence-corrected chi connectivity index (χ3v) is 2.88. The van der Waals surface area contributed by atoms with Gasteiger partial charge in [0.25, 0.3) is 0 Å². The van der Waals surface area contributed by atoms with Gasteiger partial charge in [-0.3, -0.25) is 4.79 Å². The van der Waals surface area contributed by atoms with Crippen LogP contribution >= 0.6 is 12.2 Å². The van der Waals surface area contributed by atoms with Gasteiger partial charge in [0, 0.05) is 18.4 Å². The summed E-state index contributed by atoms with van der Waals surface area (Å²) in [7, 11) is 0. The second kappa shape index (κ2) is 4.18. The van der Waals surface area contributed by atoms with Crippen LogP contribution in [0.2, 0.25) is 0 Å². The first-order chi connectivity index (χ1) is 6.88. The number of nitrogens with two attached hydrogens (primary N) is 1. The summed E-state index contributed by atoms with van der Waals surface area (Å²) in [5.41, 5.74) is 5.84. The molecule has 0 fully saturated rings. The van der Waals surface area contributed by atoms with Crippen molar-refractivity contribution in [2.45, 2.75) is 33.7 Å². The number of imidazole rings is 1. The van der Waals surface area contributed by atoms with E-state index < -0.39 is 5.41 Å². The molecule has 0 bridgehead atoms. The Kier molecular flexibility index (Phi) is 3.34. The smallest absolute Gasteiger partial charge is 0.224 e. The highest BCUT2D eigenvalue weighted by Gasteiger charge is 2.26. The van der Waals surface area contributed by atoms with Gasteiger partial charge in [-0.1, -0.05) is 6.92 Å². The zero-order valence-corrected chi connectivity index (χ0v) is 10.1. The SMILES string of the molecule is CCc1c[nH]c(=S)n1CC(C)(C)C(N)=O. The van der Waals surface area contributed by atoms with E-state index in [1.54, 1.807) is 0 Å². The molecule has 15 heavy (non-hydrogen) atoms. The van der Waals surface area contributed by atoms with Crippen molar-refractivity contribution in [2.24, 2.45) is 11.1 Å². The third kappa shape index (κ3) is 2.47. The van der Waals surface area contributed by atoms with Gasteiger partial charge in [0.1, 0.15) is 0 Å². The van der Waals surface area contributed by atoms with E-state index in [-0.39, 0.29) is 5.91 Å². The Labute approximate surface area is 94.5 Å². The highest BCUT2D eigenvalue weighted by Crippen LogP contribution is 2.19. The highest BCUT2D eigenvalue weighted by atomic mass is 32.1. The number of aromatic amines is 1. The second-order valence-corrected chi connectivity index (χ2v) is 4.66. The molecule has 1 aromatic rings. The maximum atomic E-state index is 11.2. The second-order valence-electron chi connectivity index (χ2n) is 4.27. The van der Waals surface area contributed by atoms with Gasteiger partial charge in [-0.05, 0) is 32.5 Å². The minimum atomic E-state index is -0.579. The Morgan fingerprint density at radius 1 is 1.67 bits per heavy atom. The van der Waals surface area contributed by atoms with Gasteiger partial charge in [-0.25, -0.2) is 0 Å². The zero-order valence-electron chi connectivity index (χ0n) is 9.33. The number of hydrogen-bond acceptors (Lipinski definition) is 2. The normalized spacial score (nSPS) is 11.7.